The van der Waals surface area contributed by atoms with Gasteiger partial charge in [-0.1, -0.05) is 51.7 Å². The zero-order valence-electron chi connectivity index (χ0n) is 15.2. The molecular weight excluding hydrogens is 340 g/mol. The summed E-state index contributed by atoms with van der Waals surface area (Å²) in [5.41, 5.74) is 0. The van der Waals surface area contributed by atoms with E-state index in [9.17, 15) is 8.42 Å². The third-order valence-electron chi connectivity index (χ3n) is 4.45. The van der Waals surface area contributed by atoms with Crippen molar-refractivity contribution in [1.82, 2.24) is 0 Å². The molecule has 0 aliphatic carbocycles. The number of benzene rings is 1. The Balaban J connectivity index is 2.46. The van der Waals surface area contributed by atoms with Gasteiger partial charge in [0.25, 0.3) is 0 Å². The van der Waals surface area contributed by atoms with E-state index in [0.29, 0.717) is 9.42 Å². The molecular formula is C18H28O4SSi. The van der Waals surface area contributed by atoms with Crippen molar-refractivity contribution in [2.45, 2.75) is 57.0 Å². The Kier molecular flexibility index (Phi) is 6.07. The van der Waals surface area contributed by atoms with Crippen LogP contribution >= 0.6 is 0 Å². The molecule has 24 heavy (non-hydrogen) atoms. The highest BCUT2D eigenvalue weighted by molar-refractivity contribution is 7.97. The van der Waals surface area contributed by atoms with Gasteiger partial charge in [-0.15, -0.1) is 0 Å². The number of sulfone groups is 1. The zero-order valence-corrected chi connectivity index (χ0v) is 17.0. The smallest absolute Gasteiger partial charge is 0.198 e. The highest BCUT2D eigenvalue weighted by Gasteiger charge is 2.36. The summed E-state index contributed by atoms with van der Waals surface area (Å²) >= 11 is 0. The second-order valence-electron chi connectivity index (χ2n) is 7.32. The van der Waals surface area contributed by atoms with E-state index in [1.807, 2.05) is 12.1 Å². The molecule has 0 saturated carbocycles. The van der Waals surface area contributed by atoms with Gasteiger partial charge in [-0.3, -0.25) is 0 Å². The van der Waals surface area contributed by atoms with E-state index in [2.05, 4.69) is 33.5 Å². The minimum Gasteiger partial charge on any atom is -0.352 e. The Labute approximate surface area is 146 Å². The fourth-order valence-corrected chi connectivity index (χ4v) is 8.35. The summed E-state index contributed by atoms with van der Waals surface area (Å²) in [5.74, 6) is 0.126. The predicted octanol–water partition coefficient (Wildman–Crippen LogP) is 4.01. The fourth-order valence-electron chi connectivity index (χ4n) is 3.03. The van der Waals surface area contributed by atoms with Crippen molar-refractivity contribution < 1.29 is 17.9 Å². The Morgan fingerprint density at radius 1 is 1.21 bits per heavy atom. The first-order valence-electron chi connectivity index (χ1n) is 8.43. The average Bonchev–Trinajstić information content (AvgIpc) is 2.53. The summed E-state index contributed by atoms with van der Waals surface area (Å²) in [4.78, 5) is 0.352. The van der Waals surface area contributed by atoms with Crippen LogP contribution < -0.4 is 0 Å². The molecule has 1 saturated heterocycles. The first-order chi connectivity index (χ1) is 11.2. The highest BCUT2D eigenvalue weighted by atomic mass is 32.2. The first kappa shape index (κ1) is 19.4. The Morgan fingerprint density at radius 2 is 1.83 bits per heavy atom. The summed E-state index contributed by atoms with van der Waals surface area (Å²) in [6.07, 6.45) is 2.61. The standard InChI is InChI=1S/C18H28O4SSi/c1-6-16-14(2)17(22-13-21-16)12-18(24(3,4)5)23(19,20)15-10-8-7-9-11-15/h7-12,14,16-17H,6,13H2,1-5H3/b18-12-/t14-,16+,17+/m0/s1. The van der Waals surface area contributed by atoms with E-state index in [4.69, 9.17) is 9.47 Å². The Bertz CT molecular complexity index is 677. The van der Waals surface area contributed by atoms with E-state index in [1.54, 1.807) is 24.3 Å². The predicted molar refractivity (Wildman–Crippen MR) is 99.1 cm³/mol. The molecule has 1 fully saturated rings. The quantitative estimate of drug-likeness (QED) is 0.737. The van der Waals surface area contributed by atoms with Gasteiger partial charge in [0.2, 0.25) is 0 Å². The molecule has 134 valence electrons. The molecule has 0 aromatic heterocycles. The maximum atomic E-state index is 13.2. The zero-order chi connectivity index (χ0) is 18.0. The monoisotopic (exact) mass is 368 g/mol. The fraction of sp³-hybridized carbons (Fsp3) is 0.556. The van der Waals surface area contributed by atoms with Crippen molar-refractivity contribution >= 4 is 17.9 Å². The van der Waals surface area contributed by atoms with Gasteiger partial charge in [0.1, 0.15) is 6.79 Å². The molecule has 0 N–H and O–H groups in total. The molecule has 1 heterocycles. The van der Waals surface area contributed by atoms with E-state index < -0.39 is 17.9 Å². The van der Waals surface area contributed by atoms with Gasteiger partial charge in [0.15, 0.2) is 9.84 Å². The summed E-state index contributed by atoms with van der Waals surface area (Å²) in [6.45, 7) is 10.5. The molecule has 6 heteroatoms. The molecule has 1 aliphatic rings. The number of rotatable bonds is 5. The molecule has 0 bridgehead atoms. The summed E-state index contributed by atoms with van der Waals surface area (Å²) in [5, 5.41) is 0. The number of hydrogen-bond donors (Lipinski definition) is 0. The molecule has 1 aromatic rings. The van der Waals surface area contributed by atoms with Gasteiger partial charge in [-0.05, 0) is 24.6 Å². The van der Waals surface area contributed by atoms with Crippen LogP contribution in [0.4, 0.5) is 0 Å². The second kappa shape index (κ2) is 7.52. The van der Waals surface area contributed by atoms with Crippen LogP contribution in [0.15, 0.2) is 45.8 Å². The van der Waals surface area contributed by atoms with E-state index >= 15 is 0 Å². The van der Waals surface area contributed by atoms with Gasteiger partial charge in [-0.2, -0.15) is 0 Å². The van der Waals surface area contributed by atoms with E-state index in [1.165, 1.54) is 0 Å². The molecule has 0 amide bonds. The minimum absolute atomic E-state index is 0.0994. The second-order valence-corrected chi connectivity index (χ2v) is 14.6. The lowest BCUT2D eigenvalue weighted by atomic mass is 9.95. The van der Waals surface area contributed by atoms with Crippen molar-refractivity contribution in [3.63, 3.8) is 0 Å². The largest absolute Gasteiger partial charge is 0.352 e. The van der Waals surface area contributed by atoms with Gasteiger partial charge >= 0.3 is 0 Å². The van der Waals surface area contributed by atoms with E-state index in [-0.39, 0.29) is 24.9 Å². The van der Waals surface area contributed by atoms with Crippen LogP contribution in [-0.2, 0) is 19.3 Å². The summed E-state index contributed by atoms with van der Waals surface area (Å²) < 4.78 is 38.3. The van der Waals surface area contributed by atoms with Crippen LogP contribution in [0.5, 0.6) is 0 Å². The molecule has 0 spiro atoms. The van der Waals surface area contributed by atoms with Crippen LogP contribution in [-0.4, -0.2) is 35.5 Å². The van der Waals surface area contributed by atoms with Crippen LogP contribution in [0.2, 0.25) is 19.6 Å². The van der Waals surface area contributed by atoms with Crippen LogP contribution in [0.3, 0.4) is 0 Å². The van der Waals surface area contributed by atoms with Crippen LogP contribution in [0.25, 0.3) is 0 Å². The van der Waals surface area contributed by atoms with Crippen molar-refractivity contribution in [1.29, 1.82) is 0 Å². The SMILES string of the molecule is CC[C@H]1OCO[C@H](/C=C(\[Si](C)(C)C)S(=O)(=O)c2ccccc2)[C@H]1C. The van der Waals surface area contributed by atoms with Gasteiger partial charge in [-0.25, -0.2) is 8.42 Å². The van der Waals surface area contributed by atoms with Gasteiger partial charge in [0.05, 0.1) is 25.2 Å². The lowest BCUT2D eigenvalue weighted by molar-refractivity contribution is -0.190. The highest BCUT2D eigenvalue weighted by Crippen LogP contribution is 2.31. The molecule has 2 rings (SSSR count). The molecule has 0 unspecified atom stereocenters. The normalized spacial score (nSPS) is 26.4. The maximum Gasteiger partial charge on any atom is 0.198 e. The van der Waals surface area contributed by atoms with Crippen molar-refractivity contribution in [3.8, 4) is 0 Å². The number of hydrogen-bond acceptors (Lipinski definition) is 4. The van der Waals surface area contributed by atoms with E-state index in [0.717, 1.165) is 6.42 Å². The Morgan fingerprint density at radius 3 is 2.38 bits per heavy atom. The van der Waals surface area contributed by atoms with Crippen LogP contribution in [0.1, 0.15) is 20.3 Å². The third-order valence-corrected chi connectivity index (χ3v) is 10.3. The molecule has 1 aromatic carbocycles. The molecule has 1 aliphatic heterocycles. The van der Waals surface area contributed by atoms with Crippen LogP contribution in [0, 0.1) is 5.92 Å². The lowest BCUT2D eigenvalue weighted by Gasteiger charge is -2.35. The van der Waals surface area contributed by atoms with Gasteiger partial charge < -0.3 is 9.47 Å². The summed E-state index contributed by atoms with van der Waals surface area (Å²) in [6, 6.07) is 8.66. The average molecular weight is 369 g/mol. The van der Waals surface area contributed by atoms with Crippen molar-refractivity contribution in [2.75, 3.05) is 6.79 Å². The topological polar surface area (TPSA) is 52.6 Å². The lowest BCUT2D eigenvalue weighted by Crippen LogP contribution is -2.40. The maximum absolute atomic E-state index is 13.2. The Hall–Kier alpha value is -0.953. The van der Waals surface area contributed by atoms with Gasteiger partial charge in [0, 0.05) is 10.4 Å². The minimum atomic E-state index is -3.50. The molecule has 3 atom stereocenters. The summed E-state index contributed by atoms with van der Waals surface area (Å²) in [7, 11) is -5.60. The third kappa shape index (κ3) is 4.17. The molecule has 4 nitrogen and oxygen atoms in total. The van der Waals surface area contributed by atoms with Crippen molar-refractivity contribution in [3.05, 3.63) is 40.9 Å². The number of ether oxygens (including phenoxy) is 2. The first-order valence-corrected chi connectivity index (χ1v) is 13.4. The van der Waals surface area contributed by atoms with Crippen molar-refractivity contribution in [2.24, 2.45) is 5.92 Å². The molecule has 0 radical (unpaired) electrons.